The molecule has 1 amide bonds. The lowest BCUT2D eigenvalue weighted by Gasteiger charge is -2.23. The number of nitrogens with one attached hydrogen (secondary N) is 2. The highest BCUT2D eigenvalue weighted by molar-refractivity contribution is 9.10. The maximum atomic E-state index is 11.3. The number of ether oxygens (including phenoxy) is 1. The van der Waals surface area contributed by atoms with Gasteiger partial charge in [0.25, 0.3) is 5.91 Å². The van der Waals surface area contributed by atoms with E-state index in [0.29, 0.717) is 16.2 Å². The highest BCUT2D eigenvalue weighted by Crippen LogP contribution is 2.28. The van der Waals surface area contributed by atoms with Crippen molar-refractivity contribution in [2.24, 2.45) is 5.84 Å². The van der Waals surface area contributed by atoms with Crippen LogP contribution in [-0.4, -0.2) is 17.1 Å². The number of carbonyl (C=O) groups is 1. The molecule has 0 fully saturated rings. The second-order valence-corrected chi connectivity index (χ2v) is 3.45. The van der Waals surface area contributed by atoms with Gasteiger partial charge in [0.05, 0.1) is 0 Å². The average molecular weight is 259 g/mol. The number of hydrogen-bond acceptors (Lipinski definition) is 5. The van der Waals surface area contributed by atoms with Crippen LogP contribution in [-0.2, 0) is 4.79 Å². The van der Waals surface area contributed by atoms with Gasteiger partial charge in [-0.2, -0.15) is 0 Å². The summed E-state index contributed by atoms with van der Waals surface area (Å²) in [7, 11) is 0. The van der Waals surface area contributed by atoms with Gasteiger partial charge in [-0.05, 0) is 28.1 Å². The Balaban J connectivity index is 2.35. The molecule has 1 aliphatic heterocycles. The number of amides is 1. The fraction of sp³-hybridized carbons (Fsp3) is 0.143. The van der Waals surface area contributed by atoms with Gasteiger partial charge in [0.2, 0.25) is 6.23 Å². The number of nitrogens with two attached hydrogens (primary N) is 1. The molecule has 14 heavy (non-hydrogen) atoms. The summed E-state index contributed by atoms with van der Waals surface area (Å²) in [5, 5.41) is 2.55. The number of nitrogens with zero attached hydrogens (tertiary/aromatic N) is 1. The van der Waals surface area contributed by atoms with Crippen LogP contribution in [0.3, 0.4) is 0 Å². The SMILES string of the molecule is NNC1Oc2ccc(Br)nc2NC1=O. The molecule has 7 heteroatoms. The molecule has 2 heterocycles. The second kappa shape index (κ2) is 3.52. The molecule has 1 aromatic rings. The molecule has 0 bridgehead atoms. The van der Waals surface area contributed by atoms with Crippen molar-refractivity contribution >= 4 is 27.7 Å². The molecule has 0 spiro atoms. The van der Waals surface area contributed by atoms with Gasteiger partial charge in [0.15, 0.2) is 11.6 Å². The van der Waals surface area contributed by atoms with E-state index in [9.17, 15) is 4.79 Å². The topological polar surface area (TPSA) is 89.3 Å². The summed E-state index contributed by atoms with van der Waals surface area (Å²) < 4.78 is 5.84. The van der Waals surface area contributed by atoms with Gasteiger partial charge in [-0.1, -0.05) is 0 Å². The molecule has 0 saturated carbocycles. The fourth-order valence-corrected chi connectivity index (χ4v) is 1.39. The maximum Gasteiger partial charge on any atom is 0.283 e. The summed E-state index contributed by atoms with van der Waals surface area (Å²) in [6, 6.07) is 3.40. The first-order chi connectivity index (χ1) is 6.70. The third kappa shape index (κ3) is 1.57. The zero-order chi connectivity index (χ0) is 10.1. The van der Waals surface area contributed by atoms with Crippen molar-refractivity contribution in [2.75, 3.05) is 5.32 Å². The Hall–Kier alpha value is -1.18. The average Bonchev–Trinajstić information content (AvgIpc) is 2.16. The van der Waals surface area contributed by atoms with E-state index in [2.05, 4.69) is 31.7 Å². The first kappa shape index (κ1) is 9.38. The number of hydrogen-bond donors (Lipinski definition) is 3. The lowest BCUT2D eigenvalue weighted by Crippen LogP contribution is -2.50. The maximum absolute atomic E-state index is 11.3. The number of pyridine rings is 1. The van der Waals surface area contributed by atoms with E-state index >= 15 is 0 Å². The number of halogens is 1. The highest BCUT2D eigenvalue weighted by Gasteiger charge is 2.27. The van der Waals surface area contributed by atoms with Crippen molar-refractivity contribution in [3.05, 3.63) is 16.7 Å². The van der Waals surface area contributed by atoms with Crippen LogP contribution in [0.2, 0.25) is 0 Å². The van der Waals surface area contributed by atoms with E-state index in [0.717, 1.165) is 0 Å². The predicted octanol–water partition coefficient (Wildman–Crippen LogP) is -0.0356. The molecule has 0 aromatic carbocycles. The van der Waals surface area contributed by atoms with E-state index in [1.165, 1.54) is 0 Å². The molecule has 0 saturated heterocycles. The third-order valence-corrected chi connectivity index (χ3v) is 2.14. The van der Waals surface area contributed by atoms with Crippen molar-refractivity contribution in [3.63, 3.8) is 0 Å². The third-order valence-electron chi connectivity index (χ3n) is 1.70. The molecular weight excluding hydrogens is 252 g/mol. The Kier molecular flexibility index (Phi) is 2.36. The van der Waals surface area contributed by atoms with Crippen LogP contribution in [0.5, 0.6) is 5.75 Å². The predicted molar refractivity (Wildman–Crippen MR) is 52.3 cm³/mol. The van der Waals surface area contributed by atoms with Gasteiger partial charge >= 0.3 is 0 Å². The second-order valence-electron chi connectivity index (χ2n) is 2.63. The highest BCUT2D eigenvalue weighted by atomic mass is 79.9. The lowest BCUT2D eigenvalue weighted by molar-refractivity contribution is -0.125. The van der Waals surface area contributed by atoms with E-state index in [1.807, 2.05) is 0 Å². The molecule has 0 aliphatic carbocycles. The fourth-order valence-electron chi connectivity index (χ4n) is 1.08. The zero-order valence-electron chi connectivity index (χ0n) is 6.95. The van der Waals surface area contributed by atoms with Crippen molar-refractivity contribution in [2.45, 2.75) is 6.23 Å². The van der Waals surface area contributed by atoms with Crippen molar-refractivity contribution in [3.8, 4) is 5.75 Å². The number of rotatable bonds is 1. The first-order valence-electron chi connectivity index (χ1n) is 3.81. The number of anilines is 1. The van der Waals surface area contributed by atoms with Crippen molar-refractivity contribution in [1.82, 2.24) is 10.4 Å². The molecule has 1 aliphatic rings. The molecule has 1 aromatic heterocycles. The molecule has 74 valence electrons. The van der Waals surface area contributed by atoms with E-state index in [4.69, 9.17) is 10.6 Å². The van der Waals surface area contributed by atoms with Crippen LogP contribution in [0.25, 0.3) is 0 Å². The molecule has 0 radical (unpaired) electrons. The minimum atomic E-state index is -0.870. The quantitative estimate of drug-likeness (QED) is 0.374. The number of fused-ring (bicyclic) bond motifs is 1. The number of aromatic nitrogens is 1. The Labute approximate surface area is 87.9 Å². The Morgan fingerprint density at radius 1 is 1.64 bits per heavy atom. The summed E-state index contributed by atoms with van der Waals surface area (Å²) in [6.07, 6.45) is -0.870. The van der Waals surface area contributed by atoms with Crippen LogP contribution < -0.4 is 21.3 Å². The van der Waals surface area contributed by atoms with Crippen molar-refractivity contribution < 1.29 is 9.53 Å². The zero-order valence-corrected chi connectivity index (χ0v) is 8.54. The molecule has 2 rings (SSSR count). The van der Waals surface area contributed by atoms with Gasteiger partial charge in [0, 0.05) is 0 Å². The normalized spacial score (nSPS) is 19.6. The molecule has 6 nitrogen and oxygen atoms in total. The molecular formula is C7H7BrN4O2. The molecule has 1 atom stereocenters. The van der Waals surface area contributed by atoms with E-state index < -0.39 is 6.23 Å². The summed E-state index contributed by atoms with van der Waals surface area (Å²) in [6.45, 7) is 0. The van der Waals surface area contributed by atoms with Gasteiger partial charge in [0.1, 0.15) is 4.60 Å². The van der Waals surface area contributed by atoms with E-state index in [-0.39, 0.29) is 5.91 Å². The van der Waals surface area contributed by atoms with Gasteiger partial charge in [-0.15, -0.1) is 0 Å². The molecule has 4 N–H and O–H groups in total. The summed E-state index contributed by atoms with van der Waals surface area (Å²) in [4.78, 5) is 15.3. The van der Waals surface area contributed by atoms with Crippen molar-refractivity contribution in [1.29, 1.82) is 0 Å². The molecule has 1 unspecified atom stereocenters. The number of carbonyl (C=O) groups excluding carboxylic acids is 1. The van der Waals surface area contributed by atoms with Crippen LogP contribution in [0.1, 0.15) is 0 Å². The van der Waals surface area contributed by atoms with E-state index in [1.54, 1.807) is 12.1 Å². The summed E-state index contributed by atoms with van der Waals surface area (Å²) >= 11 is 3.18. The van der Waals surface area contributed by atoms with Crippen LogP contribution in [0.15, 0.2) is 16.7 Å². The minimum absolute atomic E-state index is 0.370. The summed E-state index contributed by atoms with van der Waals surface area (Å²) in [5.74, 6) is 5.61. The minimum Gasteiger partial charge on any atom is -0.461 e. The lowest BCUT2D eigenvalue weighted by atomic mass is 10.3. The van der Waals surface area contributed by atoms with Gasteiger partial charge < -0.3 is 10.1 Å². The first-order valence-corrected chi connectivity index (χ1v) is 4.60. The Bertz CT molecular complexity index is 384. The Morgan fingerprint density at radius 3 is 3.14 bits per heavy atom. The van der Waals surface area contributed by atoms with Crippen LogP contribution in [0.4, 0.5) is 5.82 Å². The standard InChI is InChI=1S/C7H7BrN4O2/c8-4-2-1-3-5(10-4)11-6(13)7(12-9)14-3/h1-2,7,12H,9H2,(H,10,11,13). The largest absolute Gasteiger partial charge is 0.461 e. The van der Waals surface area contributed by atoms with Crippen LogP contribution >= 0.6 is 15.9 Å². The smallest absolute Gasteiger partial charge is 0.283 e. The monoisotopic (exact) mass is 258 g/mol. The van der Waals surface area contributed by atoms with Gasteiger partial charge in [-0.25, -0.2) is 10.4 Å². The Morgan fingerprint density at radius 2 is 2.43 bits per heavy atom. The van der Waals surface area contributed by atoms with Gasteiger partial charge in [-0.3, -0.25) is 10.6 Å². The summed E-state index contributed by atoms with van der Waals surface area (Å²) in [5.41, 5.74) is 2.24. The number of hydrazine groups is 1. The van der Waals surface area contributed by atoms with Crippen LogP contribution in [0, 0.1) is 0 Å².